The molecule has 1 fully saturated rings. The van der Waals surface area contributed by atoms with Gasteiger partial charge in [0.2, 0.25) is 11.0 Å². The first-order chi connectivity index (χ1) is 13.5. The summed E-state index contributed by atoms with van der Waals surface area (Å²) < 4.78 is 0.716. The lowest BCUT2D eigenvalue weighted by molar-refractivity contribution is -0.384. The van der Waals surface area contributed by atoms with Crippen LogP contribution in [0.5, 0.6) is 0 Å². The van der Waals surface area contributed by atoms with Gasteiger partial charge in [0.1, 0.15) is 0 Å². The van der Waals surface area contributed by atoms with Gasteiger partial charge in [0, 0.05) is 50.9 Å². The Morgan fingerprint density at radius 3 is 2.71 bits per heavy atom. The standard InChI is InChI=1S/C16H18N6O4S2/c1-17-13(23)10-27-16-19-18-15(28-16)21-7-5-20(6-8-21)14(24)11-3-2-4-12(9-11)22(25)26/h2-4,9H,5-8,10H2,1H3,(H,17,23). The summed E-state index contributed by atoms with van der Waals surface area (Å²) in [6.07, 6.45) is 0. The Morgan fingerprint density at radius 2 is 2.04 bits per heavy atom. The van der Waals surface area contributed by atoms with E-state index < -0.39 is 4.92 Å². The zero-order chi connectivity index (χ0) is 20.1. The monoisotopic (exact) mass is 422 g/mol. The van der Waals surface area contributed by atoms with Crippen LogP contribution < -0.4 is 10.2 Å². The number of benzene rings is 1. The molecule has 3 rings (SSSR count). The van der Waals surface area contributed by atoms with Crippen LogP contribution in [-0.4, -0.2) is 70.8 Å². The summed E-state index contributed by atoms with van der Waals surface area (Å²) in [5, 5.41) is 22.5. The van der Waals surface area contributed by atoms with Crippen LogP contribution in [0.4, 0.5) is 10.8 Å². The van der Waals surface area contributed by atoms with Crippen LogP contribution >= 0.6 is 23.1 Å². The molecule has 28 heavy (non-hydrogen) atoms. The second-order valence-electron chi connectivity index (χ2n) is 5.90. The number of amides is 2. The first-order valence-corrected chi connectivity index (χ1v) is 10.2. The van der Waals surface area contributed by atoms with E-state index in [1.54, 1.807) is 18.0 Å². The van der Waals surface area contributed by atoms with Crippen molar-refractivity contribution in [3.8, 4) is 0 Å². The molecular weight excluding hydrogens is 404 g/mol. The predicted octanol–water partition coefficient (Wildman–Crippen LogP) is 1.25. The Balaban J connectivity index is 1.56. The van der Waals surface area contributed by atoms with Crippen LogP contribution in [0.1, 0.15) is 10.4 Å². The molecule has 1 aromatic heterocycles. The topological polar surface area (TPSA) is 122 Å². The Bertz CT molecular complexity index is 882. The molecule has 0 aliphatic carbocycles. The van der Waals surface area contributed by atoms with Gasteiger partial charge in [-0.25, -0.2) is 0 Å². The smallest absolute Gasteiger partial charge is 0.270 e. The fourth-order valence-electron chi connectivity index (χ4n) is 2.62. The number of nitrogens with zero attached hydrogens (tertiary/aromatic N) is 5. The van der Waals surface area contributed by atoms with Gasteiger partial charge in [-0.1, -0.05) is 29.2 Å². The lowest BCUT2D eigenvalue weighted by Gasteiger charge is -2.34. The third-order valence-corrected chi connectivity index (χ3v) is 6.26. The summed E-state index contributed by atoms with van der Waals surface area (Å²) in [6, 6.07) is 5.77. The van der Waals surface area contributed by atoms with Crippen molar-refractivity contribution in [1.29, 1.82) is 0 Å². The van der Waals surface area contributed by atoms with E-state index in [9.17, 15) is 19.7 Å². The SMILES string of the molecule is CNC(=O)CSc1nnc(N2CCN(C(=O)c3cccc([N+](=O)[O-])c3)CC2)s1. The lowest BCUT2D eigenvalue weighted by Crippen LogP contribution is -2.48. The number of hydrogen-bond acceptors (Lipinski definition) is 9. The Hall–Kier alpha value is -2.73. The van der Waals surface area contributed by atoms with Gasteiger partial charge < -0.3 is 15.1 Å². The van der Waals surface area contributed by atoms with Crippen molar-refractivity contribution in [3.63, 3.8) is 0 Å². The number of carbonyl (C=O) groups is 2. The third-order valence-electron chi connectivity index (χ3n) is 4.14. The molecule has 1 N–H and O–H groups in total. The molecule has 0 spiro atoms. The van der Waals surface area contributed by atoms with Crippen LogP contribution in [0, 0.1) is 10.1 Å². The number of nitro benzene ring substituents is 1. The van der Waals surface area contributed by atoms with Gasteiger partial charge in [-0.2, -0.15) is 0 Å². The highest BCUT2D eigenvalue weighted by Crippen LogP contribution is 2.28. The maximum absolute atomic E-state index is 12.6. The predicted molar refractivity (Wildman–Crippen MR) is 106 cm³/mol. The highest BCUT2D eigenvalue weighted by atomic mass is 32.2. The molecule has 0 radical (unpaired) electrons. The van der Waals surface area contributed by atoms with Crippen molar-refractivity contribution >= 4 is 45.7 Å². The van der Waals surface area contributed by atoms with E-state index in [1.165, 1.54) is 41.3 Å². The van der Waals surface area contributed by atoms with Crippen LogP contribution in [0.25, 0.3) is 0 Å². The number of hydrogen-bond donors (Lipinski definition) is 1. The van der Waals surface area contributed by atoms with Crippen molar-refractivity contribution in [1.82, 2.24) is 20.4 Å². The largest absolute Gasteiger partial charge is 0.358 e. The molecule has 12 heteroatoms. The van der Waals surface area contributed by atoms with E-state index in [1.807, 2.05) is 4.90 Å². The van der Waals surface area contributed by atoms with E-state index in [-0.39, 0.29) is 23.3 Å². The van der Waals surface area contributed by atoms with E-state index >= 15 is 0 Å². The first-order valence-electron chi connectivity index (χ1n) is 8.43. The molecule has 148 valence electrons. The van der Waals surface area contributed by atoms with Gasteiger partial charge in [0.15, 0.2) is 4.34 Å². The highest BCUT2D eigenvalue weighted by molar-refractivity contribution is 8.01. The highest BCUT2D eigenvalue weighted by Gasteiger charge is 2.25. The average molecular weight is 422 g/mol. The molecule has 1 aliphatic heterocycles. The number of nitro groups is 1. The quantitative estimate of drug-likeness (QED) is 0.419. The molecule has 0 saturated carbocycles. The minimum Gasteiger partial charge on any atom is -0.358 e. The molecule has 1 aliphatic rings. The Morgan fingerprint density at radius 1 is 1.29 bits per heavy atom. The molecular formula is C16H18N6O4S2. The molecule has 2 aromatic rings. The zero-order valence-electron chi connectivity index (χ0n) is 15.0. The van der Waals surface area contributed by atoms with E-state index in [0.717, 1.165) is 5.13 Å². The maximum Gasteiger partial charge on any atom is 0.270 e. The van der Waals surface area contributed by atoms with Crippen molar-refractivity contribution in [3.05, 3.63) is 39.9 Å². The number of nitrogens with one attached hydrogen (secondary N) is 1. The number of carbonyl (C=O) groups excluding carboxylic acids is 2. The Kier molecular flexibility index (Phi) is 6.41. The number of thioether (sulfide) groups is 1. The summed E-state index contributed by atoms with van der Waals surface area (Å²) in [7, 11) is 1.59. The molecule has 2 amide bonds. The normalized spacial score (nSPS) is 14.0. The zero-order valence-corrected chi connectivity index (χ0v) is 16.7. The molecule has 1 aromatic carbocycles. The van der Waals surface area contributed by atoms with Crippen LogP contribution in [-0.2, 0) is 4.79 Å². The molecule has 1 saturated heterocycles. The van der Waals surface area contributed by atoms with E-state index in [2.05, 4.69) is 15.5 Å². The average Bonchev–Trinajstić information content (AvgIpc) is 3.20. The Labute approximate surface area is 169 Å². The van der Waals surface area contributed by atoms with Crippen LogP contribution in [0.15, 0.2) is 28.6 Å². The summed E-state index contributed by atoms with van der Waals surface area (Å²) in [6.45, 7) is 2.16. The lowest BCUT2D eigenvalue weighted by atomic mass is 10.1. The van der Waals surface area contributed by atoms with Crippen molar-refractivity contribution < 1.29 is 14.5 Å². The molecule has 10 nitrogen and oxygen atoms in total. The number of non-ortho nitro benzene ring substituents is 1. The van der Waals surface area contributed by atoms with Gasteiger partial charge >= 0.3 is 0 Å². The van der Waals surface area contributed by atoms with Crippen molar-refractivity contribution in [2.45, 2.75) is 4.34 Å². The summed E-state index contributed by atoms with van der Waals surface area (Å²) in [5.74, 6) is -0.00570. The molecule has 0 bridgehead atoms. The second kappa shape index (κ2) is 8.97. The van der Waals surface area contributed by atoms with Crippen LogP contribution in [0.2, 0.25) is 0 Å². The maximum atomic E-state index is 12.6. The fraction of sp³-hybridized carbons (Fsp3) is 0.375. The number of piperazine rings is 1. The van der Waals surface area contributed by atoms with E-state index in [0.29, 0.717) is 36.1 Å². The van der Waals surface area contributed by atoms with Gasteiger partial charge in [0.25, 0.3) is 11.6 Å². The van der Waals surface area contributed by atoms with Gasteiger partial charge in [-0.05, 0) is 6.07 Å². The van der Waals surface area contributed by atoms with E-state index in [4.69, 9.17) is 0 Å². The summed E-state index contributed by atoms with van der Waals surface area (Å²) in [5.41, 5.74) is 0.214. The van der Waals surface area contributed by atoms with Crippen LogP contribution in [0.3, 0.4) is 0 Å². The third kappa shape index (κ3) is 4.75. The van der Waals surface area contributed by atoms with Crippen molar-refractivity contribution in [2.75, 3.05) is 43.9 Å². The second-order valence-corrected chi connectivity index (χ2v) is 8.08. The minimum absolute atomic E-state index is 0.0741. The van der Waals surface area contributed by atoms with Gasteiger partial charge in [-0.15, -0.1) is 10.2 Å². The summed E-state index contributed by atoms with van der Waals surface area (Å²) >= 11 is 2.74. The molecule has 2 heterocycles. The number of rotatable bonds is 6. The number of anilines is 1. The van der Waals surface area contributed by atoms with Gasteiger partial charge in [-0.3, -0.25) is 19.7 Å². The first kappa shape index (κ1) is 20.0. The molecule has 0 atom stereocenters. The van der Waals surface area contributed by atoms with Crippen molar-refractivity contribution in [2.24, 2.45) is 0 Å². The summed E-state index contributed by atoms with van der Waals surface area (Å²) in [4.78, 5) is 38.0. The van der Waals surface area contributed by atoms with Gasteiger partial charge in [0.05, 0.1) is 10.7 Å². The number of aromatic nitrogens is 2. The molecule has 0 unspecified atom stereocenters. The minimum atomic E-state index is -0.510. The fourth-order valence-corrected chi connectivity index (χ4v) is 4.39.